The molecule has 0 unspecified atom stereocenters. The molecule has 3 N–H and O–H groups in total. The van der Waals surface area contributed by atoms with Gasteiger partial charge in [-0.05, 0) is 48.9 Å². The number of hydrogen-bond acceptors (Lipinski definition) is 7. The molecule has 0 saturated carbocycles. The van der Waals surface area contributed by atoms with Gasteiger partial charge in [0.1, 0.15) is 17.4 Å². The summed E-state index contributed by atoms with van der Waals surface area (Å²) in [7, 11) is -2.17. The van der Waals surface area contributed by atoms with Crippen LogP contribution in [0.4, 0.5) is 10.3 Å². The molecule has 41 heavy (non-hydrogen) atoms. The summed E-state index contributed by atoms with van der Waals surface area (Å²) in [5.74, 6) is 1.08. The Labute approximate surface area is 241 Å². The van der Waals surface area contributed by atoms with Crippen LogP contribution in [0.1, 0.15) is 6.42 Å². The summed E-state index contributed by atoms with van der Waals surface area (Å²) in [5.41, 5.74) is 3.67. The predicted molar refractivity (Wildman–Crippen MR) is 157 cm³/mol. The van der Waals surface area contributed by atoms with Crippen molar-refractivity contribution in [2.45, 2.75) is 11.3 Å². The van der Waals surface area contributed by atoms with Crippen LogP contribution in [0.2, 0.25) is 5.02 Å². The van der Waals surface area contributed by atoms with Crippen LogP contribution >= 0.6 is 11.6 Å². The third-order valence-electron chi connectivity index (χ3n) is 6.14. The Balaban J connectivity index is 1.33. The van der Waals surface area contributed by atoms with E-state index in [0.29, 0.717) is 52.6 Å². The van der Waals surface area contributed by atoms with Gasteiger partial charge in [0.2, 0.25) is 16.0 Å². The number of aromatic amines is 1. The largest absolute Gasteiger partial charge is 0.495 e. The second kappa shape index (κ2) is 12.5. The third-order valence-corrected chi connectivity index (χ3v) is 7.93. The van der Waals surface area contributed by atoms with Crippen LogP contribution in [0, 0.1) is 5.82 Å². The van der Waals surface area contributed by atoms with Crippen molar-refractivity contribution in [2.75, 3.05) is 25.5 Å². The van der Waals surface area contributed by atoms with Crippen molar-refractivity contribution in [1.82, 2.24) is 24.7 Å². The number of halogens is 2. The molecule has 2 aromatic heterocycles. The van der Waals surface area contributed by atoms with Gasteiger partial charge >= 0.3 is 0 Å². The number of methoxy groups -OCH3 is 1. The molecule has 0 aliphatic heterocycles. The van der Waals surface area contributed by atoms with Gasteiger partial charge in [-0.25, -0.2) is 32.5 Å². The lowest BCUT2D eigenvalue weighted by Crippen LogP contribution is -2.26. The molecule has 0 fully saturated rings. The van der Waals surface area contributed by atoms with E-state index < -0.39 is 15.8 Å². The molecule has 12 heteroatoms. The summed E-state index contributed by atoms with van der Waals surface area (Å²) in [5, 5.41) is 3.62. The van der Waals surface area contributed by atoms with Gasteiger partial charge in [-0.2, -0.15) is 0 Å². The molecule has 5 rings (SSSR count). The fraction of sp³-hybridized carbons (Fsp3) is 0.138. The topological polar surface area (TPSA) is 122 Å². The molecular formula is C29H26ClFN6O3S. The van der Waals surface area contributed by atoms with Crippen molar-refractivity contribution >= 4 is 27.6 Å². The number of sulfonamides is 1. The summed E-state index contributed by atoms with van der Waals surface area (Å²) < 4.78 is 45.8. The maximum atomic E-state index is 13.1. The van der Waals surface area contributed by atoms with Gasteiger partial charge in [0.25, 0.3) is 0 Å². The monoisotopic (exact) mass is 592 g/mol. The molecule has 9 nitrogen and oxygen atoms in total. The second-order valence-electron chi connectivity index (χ2n) is 8.92. The molecule has 0 bridgehead atoms. The summed E-state index contributed by atoms with van der Waals surface area (Å²) in [6.45, 7) is 0.588. The highest BCUT2D eigenvalue weighted by molar-refractivity contribution is 7.89. The number of H-pyrrole nitrogens is 1. The van der Waals surface area contributed by atoms with Crippen molar-refractivity contribution in [3.05, 3.63) is 95.9 Å². The SMILES string of the molecule is COc1cc(-c2nc(-c3ccccc3)[nH]c2-c2ccnc(NCCCNS(=O)(=O)c3ccc(F)cc3)n2)ccc1Cl. The lowest BCUT2D eigenvalue weighted by atomic mass is 10.1. The fourth-order valence-corrected chi connectivity index (χ4v) is 5.35. The standard InChI is InChI=1S/C29H26ClFN6O3S/c1-40-25-18-20(8-13-23(25)30)26-27(37-28(36-26)19-6-3-2-4-7-19)24-14-17-33-29(35-24)32-15-5-16-34-41(38,39)22-11-9-21(31)10-12-22/h2-4,6-14,17-18,34H,5,15-16H2,1H3,(H,36,37)(H,32,33,35). The zero-order valence-corrected chi connectivity index (χ0v) is 23.5. The first-order valence-electron chi connectivity index (χ1n) is 12.7. The molecule has 0 radical (unpaired) electrons. The number of benzene rings is 3. The summed E-state index contributed by atoms with van der Waals surface area (Å²) in [4.78, 5) is 17.3. The van der Waals surface area contributed by atoms with E-state index in [-0.39, 0.29) is 11.4 Å². The Hall–Kier alpha value is -4.32. The normalized spacial score (nSPS) is 11.4. The van der Waals surface area contributed by atoms with Crippen molar-refractivity contribution < 1.29 is 17.5 Å². The highest BCUT2D eigenvalue weighted by Crippen LogP contribution is 2.36. The van der Waals surface area contributed by atoms with Gasteiger partial charge in [-0.3, -0.25) is 0 Å². The van der Waals surface area contributed by atoms with E-state index in [9.17, 15) is 12.8 Å². The molecule has 210 valence electrons. The van der Waals surface area contributed by atoms with E-state index in [1.165, 1.54) is 12.1 Å². The molecule has 3 aromatic carbocycles. The molecule has 5 aromatic rings. The number of hydrogen-bond donors (Lipinski definition) is 3. The van der Waals surface area contributed by atoms with Crippen LogP contribution in [0.15, 0.2) is 90.0 Å². The fourth-order valence-electron chi connectivity index (χ4n) is 4.08. The molecule has 0 amide bonds. The van der Waals surface area contributed by atoms with Crippen LogP contribution in [0.3, 0.4) is 0 Å². The number of nitrogens with zero attached hydrogens (tertiary/aromatic N) is 3. The molecule has 0 aliphatic carbocycles. The van der Waals surface area contributed by atoms with Crippen LogP contribution < -0.4 is 14.8 Å². The molecule has 0 aliphatic rings. The minimum Gasteiger partial charge on any atom is -0.495 e. The molecule has 0 saturated heterocycles. The lowest BCUT2D eigenvalue weighted by molar-refractivity contribution is 0.415. The summed E-state index contributed by atoms with van der Waals surface area (Å²) in [6.07, 6.45) is 2.10. The van der Waals surface area contributed by atoms with E-state index in [1.807, 2.05) is 42.5 Å². The van der Waals surface area contributed by atoms with Gasteiger partial charge in [-0.15, -0.1) is 0 Å². The maximum absolute atomic E-state index is 13.1. The Kier molecular flexibility index (Phi) is 8.58. The number of imidazole rings is 1. The van der Waals surface area contributed by atoms with E-state index >= 15 is 0 Å². The highest BCUT2D eigenvalue weighted by atomic mass is 35.5. The van der Waals surface area contributed by atoms with Crippen LogP contribution in [0.25, 0.3) is 34.0 Å². The Morgan fingerprint density at radius 1 is 0.951 bits per heavy atom. The van der Waals surface area contributed by atoms with E-state index in [4.69, 9.17) is 21.3 Å². The maximum Gasteiger partial charge on any atom is 0.240 e. The van der Waals surface area contributed by atoms with E-state index in [0.717, 1.165) is 23.3 Å². The number of nitrogens with one attached hydrogen (secondary N) is 3. The first-order valence-corrected chi connectivity index (χ1v) is 14.5. The lowest BCUT2D eigenvalue weighted by Gasteiger charge is -2.09. The number of ether oxygens (including phenoxy) is 1. The van der Waals surface area contributed by atoms with Gasteiger partial charge in [0.15, 0.2) is 0 Å². The molecule has 0 atom stereocenters. The van der Waals surface area contributed by atoms with Crippen molar-refractivity contribution in [2.24, 2.45) is 0 Å². The molecule has 2 heterocycles. The number of anilines is 1. The quantitative estimate of drug-likeness (QED) is 0.166. The van der Waals surface area contributed by atoms with Gasteiger partial charge in [-0.1, -0.05) is 48.0 Å². The highest BCUT2D eigenvalue weighted by Gasteiger charge is 2.18. The number of rotatable bonds is 11. The van der Waals surface area contributed by atoms with Gasteiger partial charge in [0.05, 0.1) is 34.1 Å². The van der Waals surface area contributed by atoms with E-state index in [2.05, 4.69) is 25.0 Å². The van der Waals surface area contributed by atoms with Gasteiger partial charge < -0.3 is 15.0 Å². The molecular weight excluding hydrogens is 567 g/mol. The first kappa shape index (κ1) is 28.2. The average molecular weight is 593 g/mol. The van der Waals surface area contributed by atoms with Crippen molar-refractivity contribution in [3.63, 3.8) is 0 Å². The molecule has 0 spiro atoms. The van der Waals surface area contributed by atoms with Crippen molar-refractivity contribution in [3.8, 4) is 39.8 Å². The number of aromatic nitrogens is 4. The third kappa shape index (κ3) is 6.71. The van der Waals surface area contributed by atoms with Crippen molar-refractivity contribution in [1.29, 1.82) is 0 Å². The summed E-state index contributed by atoms with van der Waals surface area (Å²) in [6, 6.07) is 21.6. The van der Waals surface area contributed by atoms with Crippen LogP contribution in [-0.4, -0.2) is 48.6 Å². The van der Waals surface area contributed by atoms with Crippen LogP contribution in [-0.2, 0) is 10.0 Å². The zero-order valence-electron chi connectivity index (χ0n) is 21.9. The second-order valence-corrected chi connectivity index (χ2v) is 11.1. The predicted octanol–water partition coefficient (Wildman–Crippen LogP) is 5.78. The smallest absolute Gasteiger partial charge is 0.240 e. The Morgan fingerprint density at radius 3 is 2.49 bits per heavy atom. The Morgan fingerprint density at radius 2 is 1.73 bits per heavy atom. The minimum absolute atomic E-state index is 0.00596. The minimum atomic E-state index is -3.73. The zero-order chi connectivity index (χ0) is 28.8. The van der Waals surface area contributed by atoms with Crippen LogP contribution in [0.5, 0.6) is 5.75 Å². The Bertz CT molecular complexity index is 1750. The summed E-state index contributed by atoms with van der Waals surface area (Å²) >= 11 is 6.26. The average Bonchev–Trinajstić information content (AvgIpc) is 3.44. The first-order chi connectivity index (χ1) is 19.8. The van der Waals surface area contributed by atoms with Gasteiger partial charge in [0, 0.05) is 30.4 Å². The van der Waals surface area contributed by atoms with E-state index in [1.54, 1.807) is 25.4 Å².